The maximum Gasteiger partial charge on any atom is 0.271 e. The molecule has 0 amide bonds. The van der Waals surface area contributed by atoms with Gasteiger partial charge in [-0.3, -0.25) is 14.0 Å². The smallest absolute Gasteiger partial charge is 0.271 e. The molecule has 1 aliphatic heterocycles. The summed E-state index contributed by atoms with van der Waals surface area (Å²) in [5, 5.41) is 4.21. The zero-order valence-electron chi connectivity index (χ0n) is 17.0. The van der Waals surface area contributed by atoms with E-state index in [4.69, 9.17) is 4.74 Å². The summed E-state index contributed by atoms with van der Waals surface area (Å²) in [6, 6.07) is 10.6. The summed E-state index contributed by atoms with van der Waals surface area (Å²) in [5.74, 6) is 0.702. The average Bonchev–Trinajstić information content (AvgIpc) is 3.54. The zero-order chi connectivity index (χ0) is 20.4. The van der Waals surface area contributed by atoms with Gasteiger partial charge in [-0.15, -0.1) is 12.4 Å². The van der Waals surface area contributed by atoms with E-state index in [1.165, 1.54) is 22.7 Å². The maximum absolute atomic E-state index is 13.2. The number of aromatic nitrogens is 2. The molecular weight excluding hydrogens is 434 g/mol. The first-order valence-corrected chi connectivity index (χ1v) is 11.1. The summed E-state index contributed by atoms with van der Waals surface area (Å²) in [7, 11) is 1.66. The number of fused-ring (bicyclic) bond motifs is 3. The van der Waals surface area contributed by atoms with Gasteiger partial charge in [0, 0.05) is 18.2 Å². The van der Waals surface area contributed by atoms with Gasteiger partial charge < -0.3 is 14.6 Å². The zero-order valence-corrected chi connectivity index (χ0v) is 18.6. The number of H-pyrrole nitrogens is 1. The molecule has 2 aromatic carbocycles. The fraction of sp³-hybridized carbons (Fsp3) is 0.304. The van der Waals surface area contributed by atoms with E-state index in [1.54, 1.807) is 7.11 Å². The Morgan fingerprint density at radius 2 is 1.97 bits per heavy atom. The van der Waals surface area contributed by atoms with Gasteiger partial charge in [0.1, 0.15) is 10.2 Å². The second-order valence-corrected chi connectivity index (χ2v) is 8.89. The van der Waals surface area contributed by atoms with Gasteiger partial charge in [-0.2, -0.15) is 0 Å². The summed E-state index contributed by atoms with van der Waals surface area (Å²) in [5.41, 5.74) is 5.02. The minimum Gasteiger partial charge on any atom is -0.494 e. The molecule has 1 fully saturated rings. The van der Waals surface area contributed by atoms with Crippen molar-refractivity contribution in [2.24, 2.45) is 0 Å². The van der Waals surface area contributed by atoms with Gasteiger partial charge in [0.2, 0.25) is 5.43 Å². The highest BCUT2D eigenvalue weighted by Crippen LogP contribution is 2.44. The van der Waals surface area contributed by atoms with Gasteiger partial charge >= 0.3 is 0 Å². The Morgan fingerprint density at radius 1 is 1.13 bits per heavy atom. The Balaban J connectivity index is 0.00000204. The predicted octanol–water partition coefficient (Wildman–Crippen LogP) is 3.98. The van der Waals surface area contributed by atoms with Crippen LogP contribution in [0.3, 0.4) is 0 Å². The van der Waals surface area contributed by atoms with Gasteiger partial charge in [0.05, 0.1) is 18.0 Å². The second-order valence-electron chi connectivity index (χ2n) is 8.10. The van der Waals surface area contributed by atoms with Crippen LogP contribution in [-0.2, 0) is 13.0 Å². The summed E-state index contributed by atoms with van der Waals surface area (Å²) in [6.45, 7) is 1.88. The molecule has 4 aromatic rings. The van der Waals surface area contributed by atoms with Gasteiger partial charge in [-0.05, 0) is 66.2 Å². The van der Waals surface area contributed by atoms with Crippen LogP contribution in [-0.4, -0.2) is 22.6 Å². The van der Waals surface area contributed by atoms with Crippen LogP contribution < -0.4 is 21.0 Å². The molecule has 0 radical (unpaired) electrons. The molecule has 1 saturated carbocycles. The van der Waals surface area contributed by atoms with E-state index in [-0.39, 0.29) is 28.8 Å². The fourth-order valence-corrected chi connectivity index (χ4v) is 5.57. The minimum absolute atomic E-state index is 0. The Kier molecular flexibility index (Phi) is 4.92. The van der Waals surface area contributed by atoms with Crippen molar-refractivity contribution in [1.82, 2.24) is 14.3 Å². The number of halogens is 1. The number of hydrogen-bond donors (Lipinski definition) is 2. The van der Waals surface area contributed by atoms with E-state index in [0.717, 1.165) is 49.0 Å². The molecule has 1 aliphatic carbocycles. The molecule has 2 N–H and O–H groups in total. The van der Waals surface area contributed by atoms with Crippen LogP contribution >= 0.6 is 23.9 Å². The van der Waals surface area contributed by atoms with Crippen molar-refractivity contribution in [3.05, 3.63) is 62.0 Å². The predicted molar refractivity (Wildman–Crippen MR) is 127 cm³/mol. The number of nitrogens with one attached hydrogen (secondary N) is 2. The molecule has 0 bridgehead atoms. The number of aromatic amines is 1. The number of benzene rings is 2. The lowest BCUT2D eigenvalue weighted by Gasteiger charge is -2.20. The van der Waals surface area contributed by atoms with Gasteiger partial charge in [-0.25, -0.2) is 0 Å². The normalized spacial score (nSPS) is 15.6. The van der Waals surface area contributed by atoms with Crippen LogP contribution in [0.5, 0.6) is 5.75 Å². The van der Waals surface area contributed by atoms with E-state index in [9.17, 15) is 9.59 Å². The highest BCUT2D eigenvalue weighted by Gasteiger charge is 2.30. The van der Waals surface area contributed by atoms with E-state index >= 15 is 0 Å². The molecule has 0 saturated heterocycles. The van der Waals surface area contributed by atoms with Crippen molar-refractivity contribution in [3.8, 4) is 16.9 Å². The van der Waals surface area contributed by atoms with Crippen LogP contribution in [0.15, 0.2) is 39.9 Å². The summed E-state index contributed by atoms with van der Waals surface area (Å²) in [6.07, 6.45) is 3.08. The molecule has 3 heterocycles. The van der Waals surface area contributed by atoms with Gasteiger partial charge in [0.15, 0.2) is 5.75 Å². The van der Waals surface area contributed by atoms with Crippen molar-refractivity contribution in [3.63, 3.8) is 0 Å². The van der Waals surface area contributed by atoms with Crippen molar-refractivity contribution < 1.29 is 4.74 Å². The standard InChI is InChI=1S/C23H21N3O3S.ClH/c1-29-21-16(13-2-3-14-11-24-9-8-12(14)10-13)6-7-17-19(21)26(15-4-5-15)23-18(20(17)27)22(28)25-30-23;/h2-3,6-7,10,15,24H,4-5,8-9,11H2,1H3,(H,25,28);1H. The number of nitrogens with zero attached hydrogens (tertiary/aromatic N) is 1. The molecule has 6 rings (SSSR count). The monoisotopic (exact) mass is 455 g/mol. The molecule has 6 nitrogen and oxygen atoms in total. The summed E-state index contributed by atoms with van der Waals surface area (Å²) < 4.78 is 10.8. The van der Waals surface area contributed by atoms with Crippen molar-refractivity contribution in [2.75, 3.05) is 13.7 Å². The van der Waals surface area contributed by atoms with Crippen LogP contribution in [0.25, 0.3) is 32.2 Å². The Hall–Kier alpha value is -2.61. The van der Waals surface area contributed by atoms with E-state index < -0.39 is 0 Å². The molecule has 0 spiro atoms. The van der Waals surface area contributed by atoms with Gasteiger partial charge in [-0.1, -0.05) is 18.2 Å². The highest BCUT2D eigenvalue weighted by atomic mass is 35.5. The Morgan fingerprint density at radius 3 is 2.74 bits per heavy atom. The Bertz CT molecular complexity index is 1450. The number of pyridine rings is 1. The maximum atomic E-state index is 13.2. The largest absolute Gasteiger partial charge is 0.494 e. The third kappa shape index (κ3) is 3.03. The number of ether oxygens (including phenoxy) is 1. The first-order chi connectivity index (χ1) is 14.7. The van der Waals surface area contributed by atoms with Crippen LogP contribution in [0.2, 0.25) is 0 Å². The third-order valence-corrected chi connectivity index (χ3v) is 7.15. The molecule has 0 unspecified atom stereocenters. The van der Waals surface area contributed by atoms with E-state index in [2.05, 4.69) is 32.5 Å². The van der Waals surface area contributed by atoms with Crippen LogP contribution in [0.1, 0.15) is 30.0 Å². The topological polar surface area (TPSA) is 76.1 Å². The third-order valence-electron chi connectivity index (χ3n) is 6.26. The minimum atomic E-state index is -0.303. The summed E-state index contributed by atoms with van der Waals surface area (Å²) in [4.78, 5) is 26.2. The lowest BCUT2D eigenvalue weighted by Crippen LogP contribution is -2.23. The molecule has 2 aliphatic rings. The molecular formula is C23H22ClN3O3S. The number of methoxy groups -OCH3 is 1. The van der Waals surface area contributed by atoms with Crippen molar-refractivity contribution >= 4 is 45.1 Å². The molecule has 0 atom stereocenters. The fourth-order valence-electron chi connectivity index (χ4n) is 4.65. The lowest BCUT2D eigenvalue weighted by atomic mass is 9.94. The van der Waals surface area contributed by atoms with Crippen molar-refractivity contribution in [2.45, 2.75) is 31.8 Å². The highest BCUT2D eigenvalue weighted by molar-refractivity contribution is 7.12. The first-order valence-electron chi connectivity index (χ1n) is 10.3. The Labute approximate surface area is 188 Å². The number of hydrogen-bond acceptors (Lipinski definition) is 5. The molecule has 160 valence electrons. The number of rotatable bonds is 3. The second kappa shape index (κ2) is 7.51. The van der Waals surface area contributed by atoms with Crippen LogP contribution in [0, 0.1) is 0 Å². The van der Waals surface area contributed by atoms with Crippen molar-refractivity contribution in [1.29, 1.82) is 0 Å². The first kappa shape index (κ1) is 20.3. The molecule has 31 heavy (non-hydrogen) atoms. The summed E-state index contributed by atoms with van der Waals surface area (Å²) >= 11 is 1.24. The van der Waals surface area contributed by atoms with E-state index in [0.29, 0.717) is 22.0 Å². The quantitative estimate of drug-likeness (QED) is 0.490. The average molecular weight is 456 g/mol. The molecule has 8 heteroatoms. The van der Waals surface area contributed by atoms with Crippen LogP contribution in [0.4, 0.5) is 0 Å². The van der Waals surface area contributed by atoms with E-state index in [1.807, 2.05) is 12.1 Å². The SMILES string of the molecule is COc1c(-c2ccc3c(c2)CCNC3)ccc2c(=O)c3c(=O)[nH]sc3n(C3CC3)c12.Cl. The lowest BCUT2D eigenvalue weighted by molar-refractivity contribution is 0.419. The molecule has 2 aromatic heterocycles. The van der Waals surface area contributed by atoms with Gasteiger partial charge in [0.25, 0.3) is 5.56 Å².